The lowest BCUT2D eigenvalue weighted by Gasteiger charge is -2.10. The third kappa shape index (κ3) is 3.68. The van der Waals surface area contributed by atoms with Gasteiger partial charge in [-0.3, -0.25) is 4.98 Å². The van der Waals surface area contributed by atoms with Crippen LogP contribution in [-0.2, 0) is 6.18 Å². The zero-order chi connectivity index (χ0) is 10.8. The number of hydrogen-bond acceptors (Lipinski definition) is 2. The van der Waals surface area contributed by atoms with Gasteiger partial charge in [0.05, 0.1) is 0 Å². The molecule has 1 aromatic heterocycles. The molecule has 1 aromatic rings. The summed E-state index contributed by atoms with van der Waals surface area (Å²) in [5, 5.41) is 0. The zero-order valence-electron chi connectivity index (χ0n) is 8.08. The standard InChI is InChI=1S/C9H11F3N2.ClH/c1-2-7(13)6-3-4-8(14-5-6)9(10,11)12;/h3-5,7H,2,13H2,1H3;1H/t7-;/m1./s1. The molecule has 86 valence electrons. The summed E-state index contributed by atoms with van der Waals surface area (Å²) in [5.41, 5.74) is 5.37. The molecule has 0 aromatic carbocycles. The molecule has 0 radical (unpaired) electrons. The maximum absolute atomic E-state index is 12.1. The normalized spacial score (nSPS) is 13.1. The molecule has 0 aliphatic rings. The Kier molecular flexibility index (Phi) is 5.03. The zero-order valence-corrected chi connectivity index (χ0v) is 8.90. The molecule has 0 spiro atoms. The minimum atomic E-state index is -4.38. The first kappa shape index (κ1) is 14.2. The number of aromatic nitrogens is 1. The molecule has 6 heteroatoms. The van der Waals surface area contributed by atoms with E-state index in [-0.39, 0.29) is 18.4 Å². The Balaban J connectivity index is 0.00000196. The third-order valence-corrected chi connectivity index (χ3v) is 1.94. The molecule has 2 nitrogen and oxygen atoms in total. The molecular weight excluding hydrogens is 229 g/mol. The summed E-state index contributed by atoms with van der Waals surface area (Å²) in [5.74, 6) is 0. The topological polar surface area (TPSA) is 38.9 Å². The summed E-state index contributed by atoms with van der Waals surface area (Å²) in [7, 11) is 0. The molecule has 0 aliphatic carbocycles. The Hall–Kier alpha value is -0.810. The highest BCUT2D eigenvalue weighted by Crippen LogP contribution is 2.27. The van der Waals surface area contributed by atoms with Crippen molar-refractivity contribution in [1.82, 2.24) is 4.98 Å². The molecule has 1 atom stereocenters. The van der Waals surface area contributed by atoms with E-state index in [0.717, 1.165) is 6.07 Å². The highest BCUT2D eigenvalue weighted by molar-refractivity contribution is 5.85. The van der Waals surface area contributed by atoms with Gasteiger partial charge in [0.15, 0.2) is 0 Å². The van der Waals surface area contributed by atoms with Crippen LogP contribution in [0.2, 0.25) is 0 Å². The number of nitrogens with zero attached hydrogens (tertiary/aromatic N) is 1. The Morgan fingerprint density at radius 1 is 1.40 bits per heavy atom. The van der Waals surface area contributed by atoms with E-state index >= 15 is 0 Å². The van der Waals surface area contributed by atoms with Crippen molar-refractivity contribution < 1.29 is 13.2 Å². The van der Waals surface area contributed by atoms with Crippen molar-refractivity contribution in [1.29, 1.82) is 0 Å². The van der Waals surface area contributed by atoms with Crippen LogP contribution in [0, 0.1) is 0 Å². The second-order valence-corrected chi connectivity index (χ2v) is 2.99. The lowest BCUT2D eigenvalue weighted by molar-refractivity contribution is -0.141. The maximum Gasteiger partial charge on any atom is 0.433 e. The van der Waals surface area contributed by atoms with Crippen molar-refractivity contribution >= 4 is 12.4 Å². The minimum Gasteiger partial charge on any atom is -0.324 e. The van der Waals surface area contributed by atoms with E-state index in [1.54, 1.807) is 0 Å². The van der Waals surface area contributed by atoms with Gasteiger partial charge in [0, 0.05) is 12.2 Å². The smallest absolute Gasteiger partial charge is 0.324 e. The van der Waals surface area contributed by atoms with Crippen LogP contribution in [0.1, 0.15) is 30.6 Å². The van der Waals surface area contributed by atoms with Gasteiger partial charge in [0.1, 0.15) is 5.69 Å². The first-order valence-electron chi connectivity index (χ1n) is 4.24. The van der Waals surface area contributed by atoms with E-state index in [2.05, 4.69) is 4.98 Å². The molecule has 0 fully saturated rings. The average Bonchev–Trinajstić information content (AvgIpc) is 2.15. The molecule has 0 saturated carbocycles. The van der Waals surface area contributed by atoms with Crippen LogP contribution in [0.3, 0.4) is 0 Å². The summed E-state index contributed by atoms with van der Waals surface area (Å²) >= 11 is 0. The summed E-state index contributed by atoms with van der Waals surface area (Å²) in [6, 6.07) is 2.07. The third-order valence-electron chi connectivity index (χ3n) is 1.94. The van der Waals surface area contributed by atoms with E-state index in [1.807, 2.05) is 6.92 Å². The first-order valence-corrected chi connectivity index (χ1v) is 4.24. The van der Waals surface area contributed by atoms with Crippen molar-refractivity contribution in [2.24, 2.45) is 5.73 Å². The molecule has 2 N–H and O–H groups in total. The molecule has 1 heterocycles. The summed E-state index contributed by atoms with van der Waals surface area (Å²) in [4.78, 5) is 3.31. The molecular formula is C9H12ClF3N2. The van der Waals surface area contributed by atoms with Gasteiger partial charge in [-0.25, -0.2) is 0 Å². The second kappa shape index (κ2) is 5.32. The number of halogens is 4. The van der Waals surface area contributed by atoms with Crippen LogP contribution in [0.25, 0.3) is 0 Å². The van der Waals surface area contributed by atoms with Crippen LogP contribution < -0.4 is 5.73 Å². The molecule has 0 aliphatic heterocycles. The van der Waals surface area contributed by atoms with Gasteiger partial charge in [-0.1, -0.05) is 13.0 Å². The maximum atomic E-state index is 12.1. The van der Waals surface area contributed by atoms with Crippen LogP contribution in [0.15, 0.2) is 18.3 Å². The number of pyridine rings is 1. The van der Waals surface area contributed by atoms with E-state index in [1.165, 1.54) is 12.3 Å². The van der Waals surface area contributed by atoms with Crippen LogP contribution in [-0.4, -0.2) is 4.98 Å². The molecule has 0 amide bonds. The van der Waals surface area contributed by atoms with Crippen molar-refractivity contribution in [3.63, 3.8) is 0 Å². The molecule has 1 rings (SSSR count). The second-order valence-electron chi connectivity index (χ2n) is 2.99. The summed E-state index contributed by atoms with van der Waals surface area (Å²) in [6.07, 6.45) is -2.53. The molecule has 0 bridgehead atoms. The van der Waals surface area contributed by atoms with E-state index in [0.29, 0.717) is 12.0 Å². The predicted molar refractivity (Wildman–Crippen MR) is 53.7 cm³/mol. The number of alkyl halides is 3. The van der Waals surface area contributed by atoms with Gasteiger partial charge in [-0.15, -0.1) is 12.4 Å². The lowest BCUT2D eigenvalue weighted by Crippen LogP contribution is -2.12. The Morgan fingerprint density at radius 3 is 2.33 bits per heavy atom. The fourth-order valence-electron chi connectivity index (χ4n) is 1.03. The van der Waals surface area contributed by atoms with Crippen LogP contribution in [0.4, 0.5) is 13.2 Å². The number of hydrogen-bond donors (Lipinski definition) is 1. The number of nitrogens with two attached hydrogens (primary N) is 1. The molecule has 15 heavy (non-hydrogen) atoms. The highest BCUT2D eigenvalue weighted by Gasteiger charge is 2.32. The quantitative estimate of drug-likeness (QED) is 0.863. The average molecular weight is 241 g/mol. The monoisotopic (exact) mass is 240 g/mol. The van der Waals surface area contributed by atoms with Gasteiger partial charge >= 0.3 is 6.18 Å². The molecule has 0 saturated heterocycles. The van der Waals surface area contributed by atoms with Gasteiger partial charge in [0.25, 0.3) is 0 Å². The van der Waals surface area contributed by atoms with Gasteiger partial charge < -0.3 is 5.73 Å². The predicted octanol–water partition coefficient (Wildman–Crippen LogP) is 2.93. The van der Waals surface area contributed by atoms with Crippen molar-refractivity contribution in [3.8, 4) is 0 Å². The Labute approximate surface area is 92.1 Å². The minimum absolute atomic E-state index is 0. The Bertz CT molecular complexity index is 297. The number of rotatable bonds is 2. The van der Waals surface area contributed by atoms with Crippen molar-refractivity contribution in [2.45, 2.75) is 25.6 Å². The van der Waals surface area contributed by atoms with E-state index in [4.69, 9.17) is 5.73 Å². The fraction of sp³-hybridized carbons (Fsp3) is 0.444. The molecule has 0 unspecified atom stereocenters. The Morgan fingerprint density at radius 2 is 2.00 bits per heavy atom. The SMILES string of the molecule is CC[C@@H](N)c1ccc(C(F)(F)F)nc1.Cl. The highest BCUT2D eigenvalue weighted by atomic mass is 35.5. The van der Waals surface area contributed by atoms with Gasteiger partial charge in [-0.2, -0.15) is 13.2 Å². The van der Waals surface area contributed by atoms with Crippen LogP contribution in [0.5, 0.6) is 0 Å². The summed E-state index contributed by atoms with van der Waals surface area (Å²) < 4.78 is 36.3. The van der Waals surface area contributed by atoms with Gasteiger partial charge in [0.2, 0.25) is 0 Å². The first-order chi connectivity index (χ1) is 6.45. The summed E-state index contributed by atoms with van der Waals surface area (Å²) in [6.45, 7) is 1.86. The lowest BCUT2D eigenvalue weighted by atomic mass is 10.1. The van der Waals surface area contributed by atoms with Crippen molar-refractivity contribution in [3.05, 3.63) is 29.6 Å². The van der Waals surface area contributed by atoms with Gasteiger partial charge in [-0.05, 0) is 18.1 Å². The van der Waals surface area contributed by atoms with Crippen molar-refractivity contribution in [2.75, 3.05) is 0 Å². The van der Waals surface area contributed by atoms with E-state index in [9.17, 15) is 13.2 Å². The fourth-order valence-corrected chi connectivity index (χ4v) is 1.03. The van der Waals surface area contributed by atoms with Crippen LogP contribution >= 0.6 is 12.4 Å². The largest absolute Gasteiger partial charge is 0.433 e. The van der Waals surface area contributed by atoms with E-state index < -0.39 is 11.9 Å².